The smallest absolute Gasteiger partial charge is 0.251 e. The predicted octanol–water partition coefficient (Wildman–Crippen LogP) is 3.71. The highest BCUT2D eigenvalue weighted by atomic mass is 35.5. The number of hydrazine groups is 1. The third-order valence-electron chi connectivity index (χ3n) is 4.34. The minimum Gasteiger partial charge on any atom is -0.351 e. The van der Waals surface area contributed by atoms with Gasteiger partial charge in [0.25, 0.3) is 5.91 Å². The van der Waals surface area contributed by atoms with Crippen molar-refractivity contribution in [2.75, 3.05) is 18.6 Å². The summed E-state index contributed by atoms with van der Waals surface area (Å²) in [6.07, 6.45) is 2.97. The van der Waals surface area contributed by atoms with E-state index in [1.165, 1.54) is 11.1 Å². The SMILES string of the molecule is CSCCNC(=O)c1ccc(C2CC(c3ccc(Cl)cc3)NN2)cc1. The predicted molar refractivity (Wildman–Crippen MR) is 105 cm³/mol. The molecule has 6 heteroatoms. The molecular formula is C19H22ClN3OS. The first-order valence-electron chi connectivity index (χ1n) is 8.31. The van der Waals surface area contributed by atoms with E-state index < -0.39 is 0 Å². The number of hydrogen-bond acceptors (Lipinski definition) is 4. The Morgan fingerprint density at radius 3 is 2.20 bits per heavy atom. The summed E-state index contributed by atoms with van der Waals surface area (Å²) >= 11 is 7.67. The maximum absolute atomic E-state index is 12.1. The van der Waals surface area contributed by atoms with E-state index in [1.54, 1.807) is 11.8 Å². The molecule has 0 bridgehead atoms. The van der Waals surface area contributed by atoms with Gasteiger partial charge in [0.15, 0.2) is 0 Å². The van der Waals surface area contributed by atoms with E-state index in [0.29, 0.717) is 12.1 Å². The summed E-state index contributed by atoms with van der Waals surface area (Å²) < 4.78 is 0. The summed E-state index contributed by atoms with van der Waals surface area (Å²) in [6.45, 7) is 0.693. The van der Waals surface area contributed by atoms with Crippen LogP contribution in [0, 0.1) is 0 Å². The molecule has 2 aromatic rings. The Kier molecular flexibility index (Phi) is 6.37. The fourth-order valence-corrected chi connectivity index (χ4v) is 3.36. The van der Waals surface area contributed by atoms with Gasteiger partial charge in [0.05, 0.1) is 0 Å². The number of amides is 1. The van der Waals surface area contributed by atoms with Gasteiger partial charge in [-0.05, 0) is 48.1 Å². The zero-order chi connectivity index (χ0) is 17.6. The highest BCUT2D eigenvalue weighted by Gasteiger charge is 2.26. The first-order valence-corrected chi connectivity index (χ1v) is 10.1. The number of hydrogen-bond donors (Lipinski definition) is 3. The van der Waals surface area contributed by atoms with Crippen molar-refractivity contribution in [2.24, 2.45) is 0 Å². The summed E-state index contributed by atoms with van der Waals surface area (Å²) in [7, 11) is 0. The van der Waals surface area contributed by atoms with Crippen LogP contribution in [0.5, 0.6) is 0 Å². The molecule has 0 aromatic heterocycles. The lowest BCUT2D eigenvalue weighted by Gasteiger charge is -2.11. The van der Waals surface area contributed by atoms with Crippen LogP contribution in [-0.2, 0) is 0 Å². The fraction of sp³-hybridized carbons (Fsp3) is 0.316. The molecule has 4 nitrogen and oxygen atoms in total. The molecule has 1 amide bonds. The summed E-state index contributed by atoms with van der Waals surface area (Å²) in [5.41, 5.74) is 9.76. The van der Waals surface area contributed by atoms with Crippen LogP contribution >= 0.6 is 23.4 Å². The number of halogens is 1. The summed E-state index contributed by atoms with van der Waals surface area (Å²) in [5.74, 6) is 0.908. The normalized spacial score (nSPS) is 19.8. The molecule has 1 aliphatic heterocycles. The molecule has 0 saturated carbocycles. The summed E-state index contributed by atoms with van der Waals surface area (Å²) in [6, 6.07) is 16.2. The molecule has 25 heavy (non-hydrogen) atoms. The van der Waals surface area contributed by atoms with Gasteiger partial charge in [0, 0.05) is 35.0 Å². The molecule has 2 aromatic carbocycles. The first kappa shape index (κ1) is 18.3. The van der Waals surface area contributed by atoms with E-state index in [4.69, 9.17) is 11.6 Å². The zero-order valence-corrected chi connectivity index (χ0v) is 15.7. The summed E-state index contributed by atoms with van der Waals surface area (Å²) in [4.78, 5) is 12.1. The second-order valence-corrected chi connectivity index (χ2v) is 7.47. The van der Waals surface area contributed by atoms with Crippen molar-refractivity contribution < 1.29 is 4.79 Å². The van der Waals surface area contributed by atoms with Crippen LogP contribution in [0.4, 0.5) is 0 Å². The van der Waals surface area contributed by atoms with Gasteiger partial charge in [-0.2, -0.15) is 11.8 Å². The third kappa shape index (κ3) is 4.76. The average Bonchev–Trinajstić information content (AvgIpc) is 3.13. The Hall–Kier alpha value is -1.53. The molecule has 0 radical (unpaired) electrons. The molecule has 1 saturated heterocycles. The molecule has 2 atom stereocenters. The number of thioether (sulfide) groups is 1. The minimum absolute atomic E-state index is 0.0165. The highest BCUT2D eigenvalue weighted by Crippen LogP contribution is 2.31. The molecule has 3 N–H and O–H groups in total. The number of carbonyl (C=O) groups is 1. The van der Waals surface area contributed by atoms with E-state index in [1.807, 2.05) is 54.8 Å². The summed E-state index contributed by atoms with van der Waals surface area (Å²) in [5, 5.41) is 3.67. The van der Waals surface area contributed by atoms with Crippen LogP contribution in [-0.4, -0.2) is 24.5 Å². The van der Waals surface area contributed by atoms with E-state index in [2.05, 4.69) is 16.2 Å². The molecule has 1 aliphatic rings. The van der Waals surface area contributed by atoms with Crippen LogP contribution in [0.2, 0.25) is 5.02 Å². The van der Waals surface area contributed by atoms with Gasteiger partial charge in [0.1, 0.15) is 0 Å². The van der Waals surface area contributed by atoms with Gasteiger partial charge in [-0.3, -0.25) is 4.79 Å². The Morgan fingerprint density at radius 2 is 1.64 bits per heavy atom. The standard InChI is InChI=1S/C19H22ClN3OS/c1-25-11-10-21-19(24)15-4-2-13(3-5-15)17-12-18(23-22-17)14-6-8-16(20)9-7-14/h2-9,17-18,22-23H,10-12H2,1H3,(H,21,24). The Balaban J connectivity index is 1.59. The van der Waals surface area contributed by atoms with Crippen LogP contribution < -0.4 is 16.2 Å². The van der Waals surface area contributed by atoms with Crippen molar-refractivity contribution in [3.63, 3.8) is 0 Å². The molecule has 132 valence electrons. The number of nitrogens with one attached hydrogen (secondary N) is 3. The van der Waals surface area contributed by atoms with Gasteiger partial charge in [-0.25, -0.2) is 10.9 Å². The van der Waals surface area contributed by atoms with E-state index >= 15 is 0 Å². The second kappa shape index (κ2) is 8.72. The van der Waals surface area contributed by atoms with Gasteiger partial charge in [-0.1, -0.05) is 35.9 Å². The van der Waals surface area contributed by atoms with Crippen LogP contribution in [0.1, 0.15) is 40.0 Å². The van der Waals surface area contributed by atoms with Gasteiger partial charge < -0.3 is 5.32 Å². The lowest BCUT2D eigenvalue weighted by atomic mass is 9.97. The van der Waals surface area contributed by atoms with Crippen molar-refractivity contribution in [3.8, 4) is 0 Å². The Labute approximate surface area is 157 Å². The quantitative estimate of drug-likeness (QED) is 0.674. The van der Waals surface area contributed by atoms with Crippen molar-refractivity contribution in [1.29, 1.82) is 0 Å². The van der Waals surface area contributed by atoms with Crippen molar-refractivity contribution in [1.82, 2.24) is 16.2 Å². The molecule has 3 rings (SSSR count). The minimum atomic E-state index is -0.0165. The van der Waals surface area contributed by atoms with Crippen molar-refractivity contribution >= 4 is 29.3 Å². The fourth-order valence-electron chi connectivity index (χ4n) is 2.92. The van der Waals surface area contributed by atoms with Crippen molar-refractivity contribution in [3.05, 3.63) is 70.2 Å². The lowest BCUT2D eigenvalue weighted by Crippen LogP contribution is -2.27. The second-order valence-electron chi connectivity index (χ2n) is 6.05. The van der Waals surface area contributed by atoms with Gasteiger partial charge >= 0.3 is 0 Å². The molecule has 0 spiro atoms. The molecular weight excluding hydrogens is 354 g/mol. The largest absolute Gasteiger partial charge is 0.351 e. The van der Waals surface area contributed by atoms with E-state index in [9.17, 15) is 4.79 Å². The first-order chi connectivity index (χ1) is 12.2. The highest BCUT2D eigenvalue weighted by molar-refractivity contribution is 7.98. The Bertz CT molecular complexity index is 706. The topological polar surface area (TPSA) is 53.2 Å². The lowest BCUT2D eigenvalue weighted by molar-refractivity contribution is 0.0956. The zero-order valence-electron chi connectivity index (χ0n) is 14.1. The van der Waals surface area contributed by atoms with Crippen molar-refractivity contribution in [2.45, 2.75) is 18.5 Å². The average molecular weight is 376 g/mol. The van der Waals surface area contributed by atoms with Gasteiger partial charge in [-0.15, -0.1) is 0 Å². The molecule has 0 aliphatic carbocycles. The number of benzene rings is 2. The Morgan fingerprint density at radius 1 is 1.08 bits per heavy atom. The van der Waals surface area contributed by atoms with Crippen LogP contribution in [0.3, 0.4) is 0 Å². The maximum Gasteiger partial charge on any atom is 0.251 e. The van der Waals surface area contributed by atoms with Gasteiger partial charge in [0.2, 0.25) is 0 Å². The number of carbonyl (C=O) groups excluding carboxylic acids is 1. The van der Waals surface area contributed by atoms with Crippen LogP contribution in [0.15, 0.2) is 48.5 Å². The third-order valence-corrected chi connectivity index (χ3v) is 5.21. The molecule has 1 heterocycles. The molecule has 2 unspecified atom stereocenters. The molecule has 1 fully saturated rings. The van der Waals surface area contributed by atoms with E-state index in [0.717, 1.165) is 17.2 Å². The maximum atomic E-state index is 12.1. The van der Waals surface area contributed by atoms with E-state index in [-0.39, 0.29) is 18.0 Å². The number of rotatable bonds is 6. The monoisotopic (exact) mass is 375 g/mol. The van der Waals surface area contributed by atoms with Crippen LogP contribution in [0.25, 0.3) is 0 Å².